The van der Waals surface area contributed by atoms with E-state index < -0.39 is 0 Å². The Morgan fingerprint density at radius 2 is 1.68 bits per heavy atom. The SMILES string of the molecule is Cc1ccc(/C=C/C(=O)NCCOc2ccc(C(C)(C)C)cc2)cc1. The average Bonchev–Trinajstić information content (AvgIpc) is 2.58. The van der Waals surface area contributed by atoms with Crippen LogP contribution in [0.25, 0.3) is 6.08 Å². The zero-order valence-electron chi connectivity index (χ0n) is 15.5. The monoisotopic (exact) mass is 337 g/mol. The number of carbonyl (C=O) groups excluding carboxylic acids is 1. The second kappa shape index (κ2) is 8.52. The van der Waals surface area contributed by atoms with Gasteiger partial charge >= 0.3 is 0 Å². The predicted octanol–water partition coefficient (Wildman–Crippen LogP) is 4.50. The molecule has 0 aliphatic rings. The number of ether oxygens (including phenoxy) is 1. The molecule has 0 fully saturated rings. The van der Waals surface area contributed by atoms with Crippen LogP contribution in [0, 0.1) is 6.92 Å². The number of benzene rings is 2. The number of hydrogen-bond acceptors (Lipinski definition) is 2. The molecule has 2 aromatic carbocycles. The van der Waals surface area contributed by atoms with E-state index in [2.05, 4.69) is 38.2 Å². The van der Waals surface area contributed by atoms with Crippen LogP contribution in [0.15, 0.2) is 54.6 Å². The molecule has 0 saturated heterocycles. The van der Waals surface area contributed by atoms with Gasteiger partial charge in [0.2, 0.25) is 5.91 Å². The normalized spacial score (nSPS) is 11.5. The van der Waals surface area contributed by atoms with E-state index in [1.165, 1.54) is 11.1 Å². The molecule has 0 atom stereocenters. The van der Waals surface area contributed by atoms with Crippen molar-refractivity contribution < 1.29 is 9.53 Å². The van der Waals surface area contributed by atoms with Gasteiger partial charge in [-0.15, -0.1) is 0 Å². The first-order chi connectivity index (χ1) is 11.8. The Balaban J connectivity index is 1.71. The van der Waals surface area contributed by atoms with Crippen molar-refractivity contribution in [3.05, 3.63) is 71.3 Å². The van der Waals surface area contributed by atoms with Crippen LogP contribution in [0.1, 0.15) is 37.5 Å². The van der Waals surface area contributed by atoms with E-state index in [-0.39, 0.29) is 11.3 Å². The fraction of sp³-hybridized carbons (Fsp3) is 0.318. The molecule has 25 heavy (non-hydrogen) atoms. The molecule has 0 spiro atoms. The van der Waals surface area contributed by atoms with Gasteiger partial charge in [0.15, 0.2) is 0 Å². The van der Waals surface area contributed by atoms with Gasteiger partial charge < -0.3 is 10.1 Å². The van der Waals surface area contributed by atoms with E-state index in [0.717, 1.165) is 11.3 Å². The summed E-state index contributed by atoms with van der Waals surface area (Å²) in [6, 6.07) is 16.1. The quantitative estimate of drug-likeness (QED) is 0.622. The zero-order chi connectivity index (χ0) is 18.3. The highest BCUT2D eigenvalue weighted by Gasteiger charge is 2.12. The molecule has 1 amide bonds. The highest BCUT2D eigenvalue weighted by molar-refractivity contribution is 5.91. The Bertz CT molecular complexity index is 707. The largest absolute Gasteiger partial charge is 0.492 e. The van der Waals surface area contributed by atoms with E-state index in [0.29, 0.717) is 13.2 Å². The van der Waals surface area contributed by atoms with Gasteiger partial charge in [-0.2, -0.15) is 0 Å². The summed E-state index contributed by atoms with van der Waals surface area (Å²) < 4.78 is 5.66. The summed E-state index contributed by atoms with van der Waals surface area (Å²) in [6.45, 7) is 9.50. The molecule has 2 aromatic rings. The molecule has 0 bridgehead atoms. The van der Waals surface area contributed by atoms with Gasteiger partial charge in [-0.25, -0.2) is 0 Å². The molecule has 0 aliphatic heterocycles. The summed E-state index contributed by atoms with van der Waals surface area (Å²) >= 11 is 0. The second-order valence-electron chi connectivity index (χ2n) is 7.16. The third kappa shape index (κ3) is 6.46. The van der Waals surface area contributed by atoms with Crippen molar-refractivity contribution in [3.63, 3.8) is 0 Å². The van der Waals surface area contributed by atoms with Crippen molar-refractivity contribution in [1.29, 1.82) is 0 Å². The Morgan fingerprint density at radius 1 is 1.04 bits per heavy atom. The highest BCUT2D eigenvalue weighted by atomic mass is 16.5. The van der Waals surface area contributed by atoms with Crippen LogP contribution in [0.5, 0.6) is 5.75 Å². The molecule has 2 rings (SSSR count). The fourth-order valence-corrected chi connectivity index (χ4v) is 2.30. The van der Waals surface area contributed by atoms with Gasteiger partial charge in [0, 0.05) is 6.08 Å². The lowest BCUT2D eigenvalue weighted by Gasteiger charge is -2.19. The molecule has 0 aromatic heterocycles. The molecule has 132 valence electrons. The topological polar surface area (TPSA) is 38.3 Å². The zero-order valence-corrected chi connectivity index (χ0v) is 15.5. The third-order valence-electron chi connectivity index (χ3n) is 3.89. The first-order valence-electron chi connectivity index (χ1n) is 8.60. The third-order valence-corrected chi connectivity index (χ3v) is 3.89. The highest BCUT2D eigenvalue weighted by Crippen LogP contribution is 2.24. The first kappa shape index (κ1) is 18.8. The average molecular weight is 337 g/mol. The molecule has 0 heterocycles. The Hall–Kier alpha value is -2.55. The van der Waals surface area contributed by atoms with E-state index in [9.17, 15) is 4.79 Å². The molecule has 3 heteroatoms. The molecular formula is C22H27NO2. The number of hydrogen-bond donors (Lipinski definition) is 1. The Kier molecular flexibility index (Phi) is 6.40. The minimum absolute atomic E-state index is 0.118. The maximum Gasteiger partial charge on any atom is 0.244 e. The van der Waals surface area contributed by atoms with Crippen LogP contribution in [-0.2, 0) is 10.2 Å². The summed E-state index contributed by atoms with van der Waals surface area (Å²) in [5, 5.41) is 2.82. The molecule has 1 N–H and O–H groups in total. The van der Waals surface area contributed by atoms with E-state index >= 15 is 0 Å². The lowest BCUT2D eigenvalue weighted by atomic mass is 9.87. The second-order valence-corrected chi connectivity index (χ2v) is 7.16. The van der Waals surface area contributed by atoms with Crippen LogP contribution in [-0.4, -0.2) is 19.1 Å². The van der Waals surface area contributed by atoms with E-state index in [4.69, 9.17) is 4.74 Å². The number of amides is 1. The molecule has 0 unspecified atom stereocenters. The van der Waals surface area contributed by atoms with Crippen LogP contribution < -0.4 is 10.1 Å². The smallest absolute Gasteiger partial charge is 0.244 e. The van der Waals surface area contributed by atoms with Gasteiger partial charge in [-0.1, -0.05) is 62.7 Å². The summed E-state index contributed by atoms with van der Waals surface area (Å²) in [7, 11) is 0. The van der Waals surface area contributed by atoms with Crippen molar-refractivity contribution >= 4 is 12.0 Å². The van der Waals surface area contributed by atoms with E-state index in [1.807, 2.05) is 43.3 Å². The van der Waals surface area contributed by atoms with Gasteiger partial charge in [0.05, 0.1) is 6.54 Å². The first-order valence-corrected chi connectivity index (χ1v) is 8.60. The predicted molar refractivity (Wildman–Crippen MR) is 104 cm³/mol. The minimum Gasteiger partial charge on any atom is -0.492 e. The Labute approximate surface area is 150 Å². The number of carbonyl (C=O) groups is 1. The lowest BCUT2D eigenvalue weighted by Crippen LogP contribution is -2.26. The fourth-order valence-electron chi connectivity index (χ4n) is 2.30. The van der Waals surface area contributed by atoms with Crippen LogP contribution in [0.3, 0.4) is 0 Å². The van der Waals surface area contributed by atoms with Crippen LogP contribution in [0.2, 0.25) is 0 Å². The summed E-state index contributed by atoms with van der Waals surface area (Å²) in [4.78, 5) is 11.8. The summed E-state index contributed by atoms with van der Waals surface area (Å²) in [5.41, 5.74) is 3.62. The van der Waals surface area contributed by atoms with Crippen LogP contribution in [0.4, 0.5) is 0 Å². The summed E-state index contributed by atoms with van der Waals surface area (Å²) in [5.74, 6) is 0.699. The van der Waals surface area contributed by atoms with Crippen molar-refractivity contribution in [1.82, 2.24) is 5.32 Å². The van der Waals surface area contributed by atoms with Crippen molar-refractivity contribution in [2.24, 2.45) is 0 Å². The maximum atomic E-state index is 11.8. The van der Waals surface area contributed by atoms with Crippen molar-refractivity contribution in [2.75, 3.05) is 13.2 Å². The molecule has 0 aliphatic carbocycles. The Morgan fingerprint density at radius 3 is 2.28 bits per heavy atom. The molecular weight excluding hydrogens is 310 g/mol. The number of aryl methyl sites for hydroxylation is 1. The van der Waals surface area contributed by atoms with Crippen molar-refractivity contribution in [2.45, 2.75) is 33.1 Å². The molecule has 3 nitrogen and oxygen atoms in total. The van der Waals surface area contributed by atoms with Gasteiger partial charge in [-0.3, -0.25) is 4.79 Å². The number of rotatable bonds is 6. The van der Waals surface area contributed by atoms with Gasteiger partial charge in [-0.05, 0) is 41.7 Å². The standard InChI is InChI=1S/C22H27NO2/c1-17-5-7-18(8-6-17)9-14-21(24)23-15-16-25-20-12-10-19(11-13-20)22(2,3)4/h5-14H,15-16H2,1-4H3,(H,23,24)/b14-9+. The van der Waals surface area contributed by atoms with Crippen LogP contribution >= 0.6 is 0 Å². The van der Waals surface area contributed by atoms with Gasteiger partial charge in [0.25, 0.3) is 0 Å². The van der Waals surface area contributed by atoms with Crippen molar-refractivity contribution in [3.8, 4) is 5.75 Å². The van der Waals surface area contributed by atoms with E-state index in [1.54, 1.807) is 12.2 Å². The molecule has 0 radical (unpaired) electrons. The number of nitrogens with one attached hydrogen (secondary N) is 1. The summed E-state index contributed by atoms with van der Waals surface area (Å²) in [6.07, 6.45) is 3.35. The minimum atomic E-state index is -0.118. The van der Waals surface area contributed by atoms with Gasteiger partial charge in [0.1, 0.15) is 12.4 Å². The molecule has 0 saturated carbocycles. The maximum absolute atomic E-state index is 11.8. The lowest BCUT2D eigenvalue weighted by molar-refractivity contribution is -0.116.